The topological polar surface area (TPSA) is 66.0 Å². The van der Waals surface area contributed by atoms with E-state index in [1.165, 1.54) is 0 Å². The van der Waals surface area contributed by atoms with Crippen molar-refractivity contribution in [1.82, 2.24) is 5.32 Å². The summed E-state index contributed by atoms with van der Waals surface area (Å²) in [5.41, 5.74) is 3.08. The number of hydrogen-bond acceptors (Lipinski definition) is 6. The first-order valence-electron chi connectivity index (χ1n) is 14.3. The second kappa shape index (κ2) is 15.2. The Morgan fingerprint density at radius 2 is 1.17 bits per heavy atom. The maximum atomic E-state index is 15.0. The maximum Gasteiger partial charge on any atom is 0.251 e. The van der Waals surface area contributed by atoms with Gasteiger partial charge in [-0.2, -0.15) is 0 Å². The second-order valence-electron chi connectivity index (χ2n) is 10.2. The first kappa shape index (κ1) is 30.1. The zero-order valence-corrected chi connectivity index (χ0v) is 24.6. The molecule has 4 aromatic carbocycles. The highest BCUT2D eigenvalue weighted by molar-refractivity contribution is 7.67. The van der Waals surface area contributed by atoms with Crippen LogP contribution < -0.4 is 10.6 Å². The van der Waals surface area contributed by atoms with Crippen molar-refractivity contribution in [2.75, 3.05) is 13.2 Å². The van der Waals surface area contributed by atoms with Gasteiger partial charge in [0, 0.05) is 11.8 Å². The van der Waals surface area contributed by atoms with Crippen molar-refractivity contribution in [3.63, 3.8) is 0 Å². The summed E-state index contributed by atoms with van der Waals surface area (Å²) in [7, 11) is -3.53. The maximum absolute atomic E-state index is 15.0. The van der Waals surface area contributed by atoms with Crippen LogP contribution in [0.4, 0.5) is 0 Å². The monoisotopic (exact) mass is 583 g/mol. The van der Waals surface area contributed by atoms with Crippen molar-refractivity contribution in [2.45, 2.75) is 43.9 Å². The van der Waals surface area contributed by atoms with E-state index in [1.54, 1.807) is 6.08 Å². The van der Waals surface area contributed by atoms with Gasteiger partial charge in [0.05, 0.1) is 26.4 Å². The smallest absolute Gasteiger partial charge is 0.251 e. The molecule has 0 unspecified atom stereocenters. The summed E-state index contributed by atoms with van der Waals surface area (Å²) in [4.78, 5) is 0. The lowest BCUT2D eigenvalue weighted by Crippen LogP contribution is -2.59. The summed E-state index contributed by atoms with van der Waals surface area (Å²) in [5, 5.41) is 4.05. The van der Waals surface area contributed by atoms with E-state index in [9.17, 15) is 0 Å². The molecule has 218 valence electrons. The molecule has 5 atom stereocenters. The molecular formula is C35H38NO5P. The summed E-state index contributed by atoms with van der Waals surface area (Å²) < 4.78 is 41.1. The molecule has 7 heteroatoms. The Balaban J connectivity index is 1.49. The molecular weight excluding hydrogens is 545 g/mol. The third kappa shape index (κ3) is 7.73. The van der Waals surface area contributed by atoms with Crippen molar-refractivity contribution < 1.29 is 23.3 Å². The normalized spacial score (nSPS) is 23.8. The average Bonchev–Trinajstić information content (AvgIpc) is 3.04. The SMILES string of the molecule is C=CCN[C@@H]1[C@@H](OCc2ccccc2)[C@H](OCc2ccccc2)[C@@H](COCc2ccccc2)O[P@@]1(=O)c1ccccc1. The Morgan fingerprint density at radius 1 is 0.690 bits per heavy atom. The summed E-state index contributed by atoms with van der Waals surface area (Å²) >= 11 is 0. The number of hydrogen-bond donors (Lipinski definition) is 1. The van der Waals surface area contributed by atoms with Crippen LogP contribution in [0.25, 0.3) is 0 Å². The molecule has 1 N–H and O–H groups in total. The van der Waals surface area contributed by atoms with Gasteiger partial charge < -0.3 is 18.7 Å². The molecule has 1 aliphatic heterocycles. The molecule has 6 nitrogen and oxygen atoms in total. The fourth-order valence-corrected chi connectivity index (χ4v) is 7.86. The van der Waals surface area contributed by atoms with E-state index < -0.39 is 31.5 Å². The van der Waals surface area contributed by atoms with Crippen molar-refractivity contribution in [3.8, 4) is 0 Å². The predicted octanol–water partition coefficient (Wildman–Crippen LogP) is 6.48. The fraction of sp³-hybridized carbons (Fsp3) is 0.257. The third-order valence-electron chi connectivity index (χ3n) is 7.21. The van der Waals surface area contributed by atoms with Crippen LogP contribution in [0.3, 0.4) is 0 Å². The molecule has 1 saturated heterocycles. The summed E-state index contributed by atoms with van der Waals surface area (Å²) in [6.45, 7) is 5.56. The van der Waals surface area contributed by atoms with Crippen LogP contribution in [0.2, 0.25) is 0 Å². The highest BCUT2D eigenvalue weighted by atomic mass is 31.2. The van der Waals surface area contributed by atoms with Gasteiger partial charge in [-0.1, -0.05) is 115 Å². The van der Waals surface area contributed by atoms with Gasteiger partial charge in [-0.25, -0.2) is 0 Å². The molecule has 5 rings (SSSR count). The molecule has 0 radical (unpaired) electrons. The van der Waals surface area contributed by atoms with Gasteiger partial charge in [-0.05, 0) is 28.8 Å². The average molecular weight is 584 g/mol. The number of rotatable bonds is 14. The highest BCUT2D eigenvalue weighted by Crippen LogP contribution is 2.57. The van der Waals surface area contributed by atoms with Gasteiger partial charge in [0.1, 0.15) is 24.1 Å². The van der Waals surface area contributed by atoms with Gasteiger partial charge in [0.25, 0.3) is 7.37 Å². The summed E-state index contributed by atoms with van der Waals surface area (Å²) in [6.07, 6.45) is -0.0823. The minimum atomic E-state index is -3.53. The lowest BCUT2D eigenvalue weighted by molar-refractivity contribution is -0.155. The van der Waals surface area contributed by atoms with Gasteiger partial charge >= 0.3 is 0 Å². The van der Waals surface area contributed by atoms with Crippen LogP contribution in [-0.4, -0.2) is 37.2 Å². The van der Waals surface area contributed by atoms with Crippen molar-refractivity contribution in [3.05, 3.63) is 151 Å². The van der Waals surface area contributed by atoms with Crippen LogP contribution >= 0.6 is 7.37 Å². The number of benzene rings is 4. The summed E-state index contributed by atoms with van der Waals surface area (Å²) in [6, 6.07) is 39.3. The van der Waals surface area contributed by atoms with Gasteiger partial charge in [0.2, 0.25) is 0 Å². The largest absolute Gasteiger partial charge is 0.374 e. The minimum Gasteiger partial charge on any atom is -0.374 e. The van der Waals surface area contributed by atoms with E-state index in [-0.39, 0.29) is 6.61 Å². The van der Waals surface area contributed by atoms with Gasteiger partial charge in [-0.15, -0.1) is 6.58 Å². The molecule has 0 spiro atoms. The molecule has 1 heterocycles. The molecule has 1 aliphatic rings. The third-order valence-corrected chi connectivity index (χ3v) is 10.0. The Hall–Kier alpha value is -3.35. The van der Waals surface area contributed by atoms with E-state index >= 15 is 4.57 Å². The molecule has 0 aliphatic carbocycles. The van der Waals surface area contributed by atoms with E-state index in [4.69, 9.17) is 18.7 Å². The Morgan fingerprint density at radius 3 is 1.69 bits per heavy atom. The van der Waals surface area contributed by atoms with E-state index in [0.717, 1.165) is 16.7 Å². The standard InChI is InChI=1S/C35H38NO5P/c1-2-23-36-35-34(40-26-30-19-11-5-12-20-30)33(39-25-29-17-9-4-10-18-29)32(27-38-24-28-15-7-3-8-16-28)41-42(35,37)31-21-13-6-14-22-31/h2-22,32-36H,1,23-27H2/t32-,33-,34+,35+,42+/m1/s1. The lowest BCUT2D eigenvalue weighted by atomic mass is 10.1. The second-order valence-corrected chi connectivity index (χ2v) is 12.7. The predicted molar refractivity (Wildman–Crippen MR) is 167 cm³/mol. The molecule has 0 saturated carbocycles. The van der Waals surface area contributed by atoms with Crippen LogP contribution in [0.1, 0.15) is 16.7 Å². The number of nitrogens with one attached hydrogen (secondary N) is 1. The Labute approximate surface area is 248 Å². The molecule has 0 bridgehead atoms. The molecule has 4 aromatic rings. The van der Waals surface area contributed by atoms with Crippen LogP contribution in [0, 0.1) is 0 Å². The first-order chi connectivity index (χ1) is 20.7. The van der Waals surface area contributed by atoms with E-state index in [0.29, 0.717) is 31.7 Å². The highest BCUT2D eigenvalue weighted by Gasteiger charge is 2.54. The van der Waals surface area contributed by atoms with Crippen molar-refractivity contribution in [2.24, 2.45) is 0 Å². The van der Waals surface area contributed by atoms with Crippen molar-refractivity contribution in [1.29, 1.82) is 0 Å². The zero-order valence-electron chi connectivity index (χ0n) is 23.7. The fourth-order valence-electron chi connectivity index (χ4n) is 5.12. The molecule has 1 fully saturated rings. The van der Waals surface area contributed by atoms with Crippen LogP contribution in [-0.2, 0) is 43.1 Å². The zero-order chi connectivity index (χ0) is 29.0. The van der Waals surface area contributed by atoms with Gasteiger partial charge in [-0.3, -0.25) is 9.88 Å². The van der Waals surface area contributed by atoms with Crippen LogP contribution in [0.5, 0.6) is 0 Å². The van der Waals surface area contributed by atoms with Gasteiger partial charge in [0.15, 0.2) is 0 Å². The Kier molecular flexibility index (Phi) is 10.9. The van der Waals surface area contributed by atoms with E-state index in [2.05, 4.69) is 11.9 Å². The van der Waals surface area contributed by atoms with Crippen LogP contribution in [0.15, 0.2) is 134 Å². The molecule has 0 amide bonds. The molecule has 0 aromatic heterocycles. The molecule has 42 heavy (non-hydrogen) atoms. The van der Waals surface area contributed by atoms with E-state index in [1.807, 2.05) is 121 Å². The first-order valence-corrected chi connectivity index (χ1v) is 16.0. The Bertz CT molecular complexity index is 1400. The number of ether oxygens (including phenoxy) is 3. The quantitative estimate of drug-likeness (QED) is 0.135. The minimum absolute atomic E-state index is 0.185. The van der Waals surface area contributed by atoms with Crippen molar-refractivity contribution >= 4 is 12.7 Å². The lowest BCUT2D eigenvalue weighted by Gasteiger charge is -2.46. The summed E-state index contributed by atoms with van der Waals surface area (Å²) in [5.74, 6) is -0.673.